The summed E-state index contributed by atoms with van der Waals surface area (Å²) in [6.07, 6.45) is 3.93. The van der Waals surface area contributed by atoms with E-state index in [1.165, 1.54) is 26.3 Å². The van der Waals surface area contributed by atoms with Gasteiger partial charge in [-0.1, -0.05) is 53.3 Å². The minimum Gasteiger partial charge on any atom is -0.266 e. The Kier molecular flexibility index (Phi) is 4.15. The van der Waals surface area contributed by atoms with Crippen LogP contribution in [0.1, 0.15) is 11.1 Å². The predicted octanol–water partition coefficient (Wildman–Crippen LogP) is 3.40. The smallest absolute Gasteiger partial charge is 0.266 e. The van der Waals surface area contributed by atoms with Crippen LogP contribution in [0.15, 0.2) is 58.2 Å². The van der Waals surface area contributed by atoms with Crippen molar-refractivity contribution in [3.05, 3.63) is 74.5 Å². The highest BCUT2D eigenvalue weighted by Gasteiger charge is 2.11. The summed E-state index contributed by atoms with van der Waals surface area (Å²) in [6, 6.07) is 16.1. The quantitative estimate of drug-likeness (QED) is 0.522. The number of aromatic nitrogens is 3. The monoisotopic (exact) mass is 365 g/mol. The second-order valence-electron chi connectivity index (χ2n) is 5.68. The molecule has 0 atom stereocenters. The lowest BCUT2D eigenvalue weighted by Gasteiger charge is -1.96. The number of fused-ring (bicyclic) bond motifs is 1. The van der Waals surface area contributed by atoms with Crippen molar-refractivity contribution < 1.29 is 0 Å². The van der Waals surface area contributed by atoms with Crippen LogP contribution in [0, 0.1) is 6.92 Å². The van der Waals surface area contributed by atoms with Gasteiger partial charge in [0.05, 0.1) is 4.53 Å². The van der Waals surface area contributed by atoms with Crippen molar-refractivity contribution in [3.8, 4) is 11.4 Å². The topological polar surface area (TPSA) is 47.3 Å². The van der Waals surface area contributed by atoms with Crippen molar-refractivity contribution in [2.45, 2.75) is 11.8 Å². The molecule has 4 rings (SSSR count). The van der Waals surface area contributed by atoms with E-state index in [0.29, 0.717) is 15.3 Å². The van der Waals surface area contributed by atoms with Crippen LogP contribution in [0.4, 0.5) is 0 Å². The van der Waals surface area contributed by atoms with E-state index in [1.54, 1.807) is 11.8 Å². The maximum atomic E-state index is 12.6. The van der Waals surface area contributed by atoms with Crippen LogP contribution in [0.25, 0.3) is 22.4 Å². The normalized spacial score (nSPS) is 12.2. The first-order chi connectivity index (χ1) is 12.1. The lowest BCUT2D eigenvalue weighted by Crippen LogP contribution is -2.23. The Morgan fingerprint density at radius 2 is 1.80 bits per heavy atom. The van der Waals surface area contributed by atoms with Crippen LogP contribution in [0.3, 0.4) is 0 Å². The van der Waals surface area contributed by atoms with Gasteiger partial charge in [-0.25, -0.2) is 0 Å². The van der Waals surface area contributed by atoms with Gasteiger partial charge < -0.3 is 0 Å². The molecule has 0 spiro atoms. The first kappa shape index (κ1) is 16.1. The minimum atomic E-state index is -0.125. The van der Waals surface area contributed by atoms with E-state index in [0.717, 1.165) is 11.1 Å². The maximum absolute atomic E-state index is 12.6. The summed E-state index contributed by atoms with van der Waals surface area (Å²) in [5, 5.41) is 4.38. The number of hydrogen-bond donors (Lipinski definition) is 0. The van der Waals surface area contributed by atoms with Gasteiger partial charge in [-0.05, 0) is 37.0 Å². The minimum absolute atomic E-state index is 0.125. The number of aryl methyl sites for hydroxylation is 1. The zero-order valence-corrected chi connectivity index (χ0v) is 15.4. The van der Waals surface area contributed by atoms with Crippen molar-refractivity contribution in [1.29, 1.82) is 0 Å². The fourth-order valence-electron chi connectivity index (χ4n) is 2.51. The molecule has 4 aromatic rings. The summed E-state index contributed by atoms with van der Waals surface area (Å²) >= 11 is 3.06. The maximum Gasteiger partial charge on any atom is 0.291 e. The summed E-state index contributed by atoms with van der Waals surface area (Å²) < 4.78 is 2.03. The van der Waals surface area contributed by atoms with Crippen molar-refractivity contribution in [3.63, 3.8) is 0 Å². The van der Waals surface area contributed by atoms with E-state index in [1.807, 2.05) is 67.8 Å². The number of hydrogen-bond acceptors (Lipinski definition) is 5. The summed E-state index contributed by atoms with van der Waals surface area (Å²) in [5.74, 6) is 0.583. The van der Waals surface area contributed by atoms with Crippen LogP contribution in [-0.2, 0) is 0 Å². The molecule has 0 bridgehead atoms. The molecule has 25 heavy (non-hydrogen) atoms. The summed E-state index contributed by atoms with van der Waals surface area (Å²) in [6.45, 7) is 2.03. The van der Waals surface area contributed by atoms with Crippen LogP contribution in [0.2, 0.25) is 0 Å². The Morgan fingerprint density at radius 1 is 1.08 bits per heavy atom. The molecular weight excluding hydrogens is 350 g/mol. The Morgan fingerprint density at radius 3 is 2.44 bits per heavy atom. The van der Waals surface area contributed by atoms with E-state index < -0.39 is 0 Å². The predicted molar refractivity (Wildman–Crippen MR) is 104 cm³/mol. The Balaban J connectivity index is 1.76. The third-order valence-electron chi connectivity index (χ3n) is 3.91. The van der Waals surface area contributed by atoms with Gasteiger partial charge in [-0.3, -0.25) is 4.79 Å². The van der Waals surface area contributed by atoms with Gasteiger partial charge in [0.25, 0.3) is 5.56 Å². The van der Waals surface area contributed by atoms with Gasteiger partial charge in [-0.2, -0.15) is 9.50 Å². The molecule has 2 aromatic heterocycles. The second kappa shape index (κ2) is 6.46. The highest BCUT2D eigenvalue weighted by molar-refractivity contribution is 7.98. The van der Waals surface area contributed by atoms with Gasteiger partial charge in [0.1, 0.15) is 0 Å². The van der Waals surface area contributed by atoms with E-state index in [9.17, 15) is 4.79 Å². The SMILES string of the molecule is CSc1ccc(/C=c2\sc3nc(-c4ccc(C)cc4)nn3c2=O)cc1. The van der Waals surface area contributed by atoms with E-state index >= 15 is 0 Å². The average molecular weight is 365 g/mol. The fourth-order valence-corrected chi connectivity index (χ4v) is 3.83. The molecular formula is C19H15N3OS2. The van der Waals surface area contributed by atoms with Crippen LogP contribution < -0.4 is 10.1 Å². The second-order valence-corrected chi connectivity index (χ2v) is 7.57. The molecule has 0 saturated carbocycles. The molecule has 0 fully saturated rings. The fraction of sp³-hybridized carbons (Fsp3) is 0.105. The first-order valence-corrected chi connectivity index (χ1v) is 9.80. The molecule has 0 aliphatic rings. The molecule has 0 aliphatic carbocycles. The third-order valence-corrected chi connectivity index (χ3v) is 5.61. The summed E-state index contributed by atoms with van der Waals surface area (Å²) in [5.41, 5.74) is 2.97. The zero-order chi connectivity index (χ0) is 17.4. The standard InChI is InChI=1S/C19H15N3OS2/c1-12-3-7-14(8-4-12)17-20-19-22(21-17)18(23)16(25-19)11-13-5-9-15(24-2)10-6-13/h3-11H,1-2H3/b16-11-. The molecule has 4 nitrogen and oxygen atoms in total. The molecule has 124 valence electrons. The first-order valence-electron chi connectivity index (χ1n) is 7.76. The van der Waals surface area contributed by atoms with E-state index in [-0.39, 0.29) is 5.56 Å². The van der Waals surface area contributed by atoms with Crippen molar-refractivity contribution >= 4 is 34.1 Å². The zero-order valence-electron chi connectivity index (χ0n) is 13.8. The van der Waals surface area contributed by atoms with Crippen molar-refractivity contribution in [2.75, 3.05) is 6.26 Å². The lowest BCUT2D eigenvalue weighted by molar-refractivity contribution is 0.937. The number of benzene rings is 2. The van der Waals surface area contributed by atoms with Gasteiger partial charge in [0, 0.05) is 10.5 Å². The van der Waals surface area contributed by atoms with E-state index in [4.69, 9.17) is 0 Å². The van der Waals surface area contributed by atoms with Gasteiger partial charge in [-0.15, -0.1) is 16.9 Å². The number of nitrogens with zero attached hydrogens (tertiary/aromatic N) is 3. The molecule has 0 N–H and O–H groups in total. The van der Waals surface area contributed by atoms with Crippen molar-refractivity contribution in [1.82, 2.24) is 14.6 Å². The Hall–Kier alpha value is -2.44. The number of thiazole rings is 1. The average Bonchev–Trinajstić information content (AvgIpc) is 3.16. The third kappa shape index (κ3) is 3.10. The summed E-state index contributed by atoms with van der Waals surface area (Å²) in [7, 11) is 0. The van der Waals surface area contributed by atoms with Gasteiger partial charge in [0.15, 0.2) is 5.82 Å². The highest BCUT2D eigenvalue weighted by atomic mass is 32.2. The molecule has 2 aromatic carbocycles. The van der Waals surface area contributed by atoms with Gasteiger partial charge >= 0.3 is 0 Å². The molecule has 2 heterocycles. The summed E-state index contributed by atoms with van der Waals surface area (Å²) in [4.78, 5) is 18.9. The highest BCUT2D eigenvalue weighted by Crippen LogP contribution is 2.17. The Labute approximate surface area is 152 Å². The van der Waals surface area contributed by atoms with Crippen molar-refractivity contribution in [2.24, 2.45) is 0 Å². The Bertz CT molecular complexity index is 1140. The van der Waals surface area contributed by atoms with E-state index in [2.05, 4.69) is 10.1 Å². The van der Waals surface area contributed by atoms with Crippen LogP contribution in [-0.4, -0.2) is 20.9 Å². The number of rotatable bonds is 3. The number of thioether (sulfide) groups is 1. The molecule has 0 radical (unpaired) electrons. The lowest BCUT2D eigenvalue weighted by atomic mass is 10.1. The molecule has 0 amide bonds. The largest absolute Gasteiger partial charge is 0.291 e. The van der Waals surface area contributed by atoms with Crippen LogP contribution in [0.5, 0.6) is 0 Å². The molecule has 6 heteroatoms. The molecule has 0 saturated heterocycles. The molecule has 0 aliphatic heterocycles. The van der Waals surface area contributed by atoms with Crippen LogP contribution >= 0.6 is 23.1 Å². The van der Waals surface area contributed by atoms with Gasteiger partial charge in [0.2, 0.25) is 4.96 Å². The molecule has 0 unspecified atom stereocenters.